The summed E-state index contributed by atoms with van der Waals surface area (Å²) in [7, 11) is 7.55. The monoisotopic (exact) mass is 1290 g/mol. The molecule has 0 saturated carbocycles. The molecule has 2 aromatic heterocycles. The summed E-state index contributed by atoms with van der Waals surface area (Å²) in [5.41, 5.74) is 5.88. The van der Waals surface area contributed by atoms with Crippen LogP contribution in [0.5, 0.6) is 0 Å². The number of ketones is 2. The predicted molar refractivity (Wildman–Crippen MR) is 345 cm³/mol. The van der Waals surface area contributed by atoms with Gasteiger partial charge in [-0.1, -0.05) is 27.7 Å². The number of pyridine rings is 2. The minimum absolute atomic E-state index is 0. The van der Waals surface area contributed by atoms with E-state index in [4.69, 9.17) is 15.3 Å². The van der Waals surface area contributed by atoms with Crippen LogP contribution in [0.3, 0.4) is 0 Å². The number of aliphatic carboxylic acids is 1. The Bertz CT molecular complexity index is 3700. The molecule has 6 rings (SSSR count). The second-order valence-corrected chi connectivity index (χ2v) is 25.6. The van der Waals surface area contributed by atoms with Crippen LogP contribution in [-0.4, -0.2) is 101 Å². The van der Waals surface area contributed by atoms with Crippen molar-refractivity contribution in [1.29, 1.82) is 0 Å². The molecule has 21 heteroatoms. The molecule has 93 heavy (non-hydrogen) atoms. The zero-order valence-electron chi connectivity index (χ0n) is 57.2. The molecule has 4 aromatic carbocycles. The van der Waals surface area contributed by atoms with E-state index in [0.29, 0.717) is 81.6 Å². The molecule has 14 nitrogen and oxygen atoms in total. The first-order valence-corrected chi connectivity index (χ1v) is 30.9. The summed E-state index contributed by atoms with van der Waals surface area (Å²) < 4.78 is 97.9. The van der Waals surface area contributed by atoms with Gasteiger partial charge in [0.05, 0.1) is 31.5 Å². The number of esters is 1. The SMILES string of the molecule is CCOC(=O)C[C@H](CC(=O)C(CC(C)C)n1cc(CCN(C)C)c(C)c(F)c1=O)c1cc(-c2c(C)cc(F)cc2C)cc(C)c1F.Cc1cc(-c2c(C)cc(F)cc2C)cc([C@H](CC(=O)O)CC(=O)C(CC(C)C)n2cc(CCN(C)C)c(C)c(F)c2=O)c1F.[Li+].[O-]O. The van der Waals surface area contributed by atoms with E-state index in [1.807, 2.05) is 65.7 Å². The van der Waals surface area contributed by atoms with Crippen LogP contribution in [0.15, 0.2) is 70.5 Å². The number of carbonyl (C=O) groups excluding carboxylic acids is 3. The maximum Gasteiger partial charge on any atom is 1.00 e. The fourth-order valence-electron chi connectivity index (χ4n) is 12.0. The summed E-state index contributed by atoms with van der Waals surface area (Å²) in [4.78, 5) is 83.4. The van der Waals surface area contributed by atoms with E-state index in [1.165, 1.54) is 48.0 Å². The largest absolute Gasteiger partial charge is 1.00 e. The average molecular weight is 1290 g/mol. The third-order valence-electron chi connectivity index (χ3n) is 16.6. The van der Waals surface area contributed by atoms with Gasteiger partial charge < -0.3 is 39.3 Å². The summed E-state index contributed by atoms with van der Waals surface area (Å²) in [6.07, 6.45) is 3.02. The number of likely N-dealkylation sites (N-methyl/N-ethyl adjacent to an activating group) is 2. The Morgan fingerprint density at radius 2 is 0.849 bits per heavy atom. The van der Waals surface area contributed by atoms with E-state index < -0.39 is 94.1 Å². The standard InChI is InChI=1S/C37H47F3N2O4.C35H43F3N2O4.Li.H2O2/c1-10-46-33(44)19-27(30-17-28(14-24(6)35(30)39)34-22(4)15-29(38)16-23(34)5)18-32(43)31(13-21(2)3)42-20-26(11-12-41(8)9)25(7)36(40)37(42)45;1-19(2)11-29(40-18-24(9-10-39(7)8)23(6)34(38)35(40)44)30(41)16-25(17-31(42)43)28-15-26(12-22(5)33(28)37)32-20(3)13-27(36)14-21(32)4;;1-2/h14-17,20-21,27,31H,10-13,18-19H2,1-9H3;12-15,18-19,25,29H,9-11,16-17H2,1-8H3,(H,42,43);;1-2H/q;;+1;/p-1/t27-,31?;25-,29?;;/m00../s1. The van der Waals surface area contributed by atoms with Crippen LogP contribution in [0.1, 0.15) is 164 Å². The Morgan fingerprint density at radius 1 is 0.516 bits per heavy atom. The molecule has 0 saturated heterocycles. The number of carbonyl (C=O) groups is 4. The van der Waals surface area contributed by atoms with Crippen molar-refractivity contribution in [3.05, 3.63) is 183 Å². The Kier molecular flexibility index (Phi) is 31.2. The van der Waals surface area contributed by atoms with E-state index in [0.717, 1.165) is 10.1 Å². The molecule has 0 aliphatic heterocycles. The molecule has 6 aromatic rings. The number of hydrogen-bond donors (Lipinski definition) is 2. The third-order valence-corrected chi connectivity index (χ3v) is 16.6. The smallest absolute Gasteiger partial charge is 0.727 e. The van der Waals surface area contributed by atoms with E-state index in [1.54, 1.807) is 79.8 Å². The van der Waals surface area contributed by atoms with Crippen LogP contribution in [0.25, 0.3) is 22.3 Å². The van der Waals surface area contributed by atoms with Crippen molar-refractivity contribution in [2.24, 2.45) is 11.8 Å². The summed E-state index contributed by atoms with van der Waals surface area (Å²) in [5.74, 6) is -8.60. The van der Waals surface area contributed by atoms with Gasteiger partial charge in [-0.25, -0.2) is 26.3 Å². The normalized spacial score (nSPS) is 12.6. The van der Waals surface area contributed by atoms with Gasteiger partial charge in [0.2, 0.25) is 0 Å². The van der Waals surface area contributed by atoms with Crippen LogP contribution in [0, 0.1) is 102 Å². The van der Waals surface area contributed by atoms with Gasteiger partial charge in [0.15, 0.2) is 23.2 Å². The first-order valence-electron chi connectivity index (χ1n) is 30.9. The first-order chi connectivity index (χ1) is 43.1. The van der Waals surface area contributed by atoms with Crippen molar-refractivity contribution in [2.45, 2.75) is 165 Å². The van der Waals surface area contributed by atoms with Gasteiger partial charge >= 0.3 is 30.8 Å². The van der Waals surface area contributed by atoms with Gasteiger partial charge in [-0.05, 0) is 266 Å². The Hall–Kier alpha value is -6.92. The molecule has 0 radical (unpaired) electrons. The second-order valence-electron chi connectivity index (χ2n) is 25.6. The number of carboxylic acid groups (broad SMARTS) is 1. The zero-order chi connectivity index (χ0) is 69.5. The molecule has 0 aliphatic carbocycles. The van der Waals surface area contributed by atoms with Crippen LogP contribution in [0.2, 0.25) is 0 Å². The summed E-state index contributed by atoms with van der Waals surface area (Å²) in [6.45, 7) is 23.8. The second kappa shape index (κ2) is 36.1. The molecule has 0 bridgehead atoms. The number of rotatable bonds is 27. The van der Waals surface area contributed by atoms with Gasteiger partial charge in [-0.2, -0.15) is 0 Å². The molecule has 0 spiro atoms. The van der Waals surface area contributed by atoms with E-state index in [2.05, 4.69) is 0 Å². The number of aryl methyl sites for hydroxylation is 6. The molecule has 0 aliphatic rings. The minimum atomic E-state index is -1.22. The van der Waals surface area contributed by atoms with E-state index in [9.17, 15) is 42.7 Å². The molecule has 0 amide bonds. The Balaban J connectivity index is 0.000000468. The van der Waals surface area contributed by atoms with Gasteiger partial charge in [-0.3, -0.25) is 28.8 Å². The topological polar surface area (TPSA) is 192 Å². The predicted octanol–water partition coefficient (Wildman–Crippen LogP) is 10.5. The average Bonchev–Trinajstić information content (AvgIpc) is 0.805. The van der Waals surface area contributed by atoms with Gasteiger partial charge in [0.1, 0.15) is 23.3 Å². The summed E-state index contributed by atoms with van der Waals surface area (Å²) in [6, 6.07) is 9.90. The van der Waals surface area contributed by atoms with E-state index in [-0.39, 0.29) is 103 Å². The molecular formula is C72H91F6LiN4O10. The van der Waals surface area contributed by atoms with Crippen molar-refractivity contribution >= 4 is 23.5 Å². The zero-order valence-corrected chi connectivity index (χ0v) is 57.2. The quantitative estimate of drug-likeness (QED) is 0.0163. The van der Waals surface area contributed by atoms with Gasteiger partial charge in [0, 0.05) is 50.2 Å². The maximum absolute atomic E-state index is 16.0. The number of Topliss-reactive ketones (excluding diaryl/α,β-unsaturated/α-hetero) is 2. The van der Waals surface area contributed by atoms with Crippen molar-refractivity contribution in [3.63, 3.8) is 0 Å². The summed E-state index contributed by atoms with van der Waals surface area (Å²) in [5, 5.41) is 22.8. The number of halogens is 6. The van der Waals surface area contributed by atoms with Crippen molar-refractivity contribution in [2.75, 3.05) is 47.9 Å². The molecule has 4 atom stereocenters. The van der Waals surface area contributed by atoms with Crippen molar-refractivity contribution in [3.8, 4) is 22.3 Å². The number of nitrogens with zero attached hydrogens (tertiary/aromatic N) is 4. The summed E-state index contributed by atoms with van der Waals surface area (Å²) >= 11 is 0. The van der Waals surface area contributed by atoms with Gasteiger partial charge in [-0.15, -0.1) is 0 Å². The molecule has 2 unspecified atom stereocenters. The Labute approximate surface area is 555 Å². The number of carboxylic acids is 1. The first kappa shape index (κ1) is 80.3. The van der Waals surface area contributed by atoms with Crippen molar-refractivity contribution in [1.82, 2.24) is 18.9 Å². The van der Waals surface area contributed by atoms with Crippen LogP contribution >= 0.6 is 0 Å². The molecule has 2 N–H and O–H groups in total. The minimum Gasteiger partial charge on any atom is -0.727 e. The van der Waals surface area contributed by atoms with Crippen molar-refractivity contribution < 1.29 is 84.7 Å². The fourth-order valence-corrected chi connectivity index (χ4v) is 12.0. The molecular weight excluding hydrogens is 1200 g/mol. The molecule has 502 valence electrons. The van der Waals surface area contributed by atoms with Crippen LogP contribution in [0.4, 0.5) is 26.3 Å². The molecule has 0 fully saturated rings. The maximum atomic E-state index is 16.0. The fraction of sp³-hybridized carbons (Fsp3) is 0.472. The molecule has 2 heterocycles. The third kappa shape index (κ3) is 21.3. The number of benzene rings is 4. The number of ether oxygens (including phenoxy) is 1. The number of aromatic nitrogens is 2. The van der Waals surface area contributed by atoms with Crippen LogP contribution < -0.4 is 35.2 Å². The van der Waals surface area contributed by atoms with Gasteiger partial charge in [0.25, 0.3) is 11.1 Å². The van der Waals surface area contributed by atoms with E-state index >= 15 is 17.6 Å². The van der Waals surface area contributed by atoms with Crippen LogP contribution in [-0.2, 0) is 36.8 Å². The Morgan fingerprint density at radius 3 is 1.15 bits per heavy atom. The number of hydrogen-bond acceptors (Lipinski definition) is 11.